The minimum absolute atomic E-state index is 0.317. The van der Waals surface area contributed by atoms with E-state index in [0.29, 0.717) is 30.3 Å². The van der Waals surface area contributed by atoms with Crippen molar-refractivity contribution in [3.8, 4) is 0 Å². The van der Waals surface area contributed by atoms with Gasteiger partial charge in [0.1, 0.15) is 0 Å². The smallest absolute Gasteiger partial charge is 0.475 e. The molecule has 3 atom stereocenters. The summed E-state index contributed by atoms with van der Waals surface area (Å²) in [5.74, 6) is -4.59. The van der Waals surface area contributed by atoms with Gasteiger partial charge in [0.2, 0.25) is 5.91 Å². The molecule has 0 aliphatic carbocycles. The molecule has 0 radical (unpaired) electrons. The lowest BCUT2D eigenvalue weighted by molar-refractivity contribution is -0.193. The van der Waals surface area contributed by atoms with E-state index in [-0.39, 0.29) is 0 Å². The van der Waals surface area contributed by atoms with E-state index in [0.717, 1.165) is 26.1 Å². The summed E-state index contributed by atoms with van der Waals surface area (Å²) in [5.41, 5.74) is 0. The minimum atomic E-state index is -5.08. The van der Waals surface area contributed by atoms with E-state index in [4.69, 9.17) is 19.8 Å². The summed E-state index contributed by atoms with van der Waals surface area (Å²) >= 11 is 1.76. The minimum Gasteiger partial charge on any atom is -0.475 e. The van der Waals surface area contributed by atoms with Crippen LogP contribution in [0.5, 0.6) is 0 Å². The first-order valence-electron chi connectivity index (χ1n) is 11.9. The summed E-state index contributed by atoms with van der Waals surface area (Å²) in [6.45, 7) is 7.48. The predicted molar refractivity (Wildman–Crippen MR) is 125 cm³/mol. The number of halogens is 6. The van der Waals surface area contributed by atoms with Crippen molar-refractivity contribution in [2.24, 2.45) is 5.92 Å². The van der Waals surface area contributed by atoms with Crippen molar-refractivity contribution in [1.82, 2.24) is 14.8 Å². The summed E-state index contributed by atoms with van der Waals surface area (Å²) < 4.78 is 63.5. The molecule has 0 unspecified atom stereocenters. The zero-order chi connectivity index (χ0) is 28.7. The second kappa shape index (κ2) is 13.4. The summed E-state index contributed by atoms with van der Waals surface area (Å²) in [5, 5.41) is 17.5. The van der Waals surface area contributed by atoms with Gasteiger partial charge in [0.05, 0.1) is 0 Å². The van der Waals surface area contributed by atoms with Crippen molar-refractivity contribution >= 4 is 34.3 Å². The van der Waals surface area contributed by atoms with Gasteiger partial charge in [-0.25, -0.2) is 14.6 Å². The highest BCUT2D eigenvalue weighted by atomic mass is 32.1. The quantitative estimate of drug-likeness (QED) is 0.522. The van der Waals surface area contributed by atoms with Crippen molar-refractivity contribution < 1.29 is 50.9 Å². The van der Waals surface area contributed by atoms with Gasteiger partial charge in [0, 0.05) is 49.7 Å². The summed E-state index contributed by atoms with van der Waals surface area (Å²) in [7, 11) is 0. The van der Waals surface area contributed by atoms with Crippen LogP contribution in [0.3, 0.4) is 0 Å². The third-order valence-corrected chi connectivity index (χ3v) is 7.25. The molecule has 1 aromatic heterocycles. The fourth-order valence-electron chi connectivity index (χ4n) is 4.87. The van der Waals surface area contributed by atoms with Gasteiger partial charge in [-0.15, -0.1) is 11.3 Å². The Hall–Kier alpha value is -2.62. The Morgan fingerprint density at radius 3 is 2.03 bits per heavy atom. The molecule has 0 aromatic carbocycles. The molecule has 2 N–H and O–H groups in total. The molecule has 38 heavy (non-hydrogen) atoms. The van der Waals surface area contributed by atoms with E-state index >= 15 is 0 Å². The lowest BCUT2D eigenvalue weighted by atomic mass is 9.92. The number of hydrogen-bond donors (Lipinski definition) is 2. The number of rotatable bonds is 4. The average molecular weight is 577 g/mol. The van der Waals surface area contributed by atoms with Crippen molar-refractivity contribution in [2.45, 2.75) is 63.5 Å². The number of nitrogens with zero attached hydrogens (tertiary/aromatic N) is 4. The van der Waals surface area contributed by atoms with Gasteiger partial charge in [-0.05, 0) is 44.7 Å². The molecule has 3 fully saturated rings. The number of anilines is 1. The maximum atomic E-state index is 12.1. The van der Waals surface area contributed by atoms with Crippen LogP contribution >= 0.6 is 11.3 Å². The molecular formula is C22H30F6N4O5S. The molecule has 1 amide bonds. The van der Waals surface area contributed by atoms with Gasteiger partial charge in [0.25, 0.3) is 0 Å². The van der Waals surface area contributed by atoms with Crippen LogP contribution in [-0.4, -0.2) is 100 Å². The molecule has 16 heteroatoms. The monoisotopic (exact) mass is 576 g/mol. The maximum absolute atomic E-state index is 12.1. The molecule has 1 aromatic rings. The predicted octanol–water partition coefficient (Wildman–Crippen LogP) is 3.71. The first kappa shape index (κ1) is 31.6. The Morgan fingerprint density at radius 2 is 1.58 bits per heavy atom. The van der Waals surface area contributed by atoms with Crippen molar-refractivity contribution in [2.75, 3.05) is 37.6 Å². The van der Waals surface area contributed by atoms with Crippen molar-refractivity contribution in [3.63, 3.8) is 0 Å². The summed E-state index contributed by atoms with van der Waals surface area (Å²) in [6.07, 6.45) is -2.63. The fraction of sp³-hybridized carbons (Fsp3) is 0.727. The number of carbonyl (C=O) groups is 3. The first-order chi connectivity index (χ1) is 17.6. The molecule has 4 heterocycles. The number of carboxylic acids is 2. The molecular weight excluding hydrogens is 546 g/mol. The number of piperidine rings is 1. The van der Waals surface area contributed by atoms with Crippen molar-refractivity contribution in [1.29, 1.82) is 0 Å². The number of carbonyl (C=O) groups excluding carboxylic acids is 1. The van der Waals surface area contributed by atoms with Crippen LogP contribution in [-0.2, 0) is 14.4 Å². The first-order valence-corrected chi connectivity index (χ1v) is 12.8. The van der Waals surface area contributed by atoms with E-state index in [9.17, 15) is 31.1 Å². The molecule has 0 bridgehead atoms. The van der Waals surface area contributed by atoms with E-state index in [1.54, 1.807) is 11.3 Å². The number of hydrogen-bond acceptors (Lipinski definition) is 7. The number of amides is 1. The van der Waals surface area contributed by atoms with Crippen LogP contribution in [0.15, 0.2) is 11.6 Å². The number of alkyl halides is 6. The van der Waals surface area contributed by atoms with E-state index in [2.05, 4.69) is 25.1 Å². The highest BCUT2D eigenvalue weighted by Crippen LogP contribution is 2.40. The third kappa shape index (κ3) is 8.99. The number of aliphatic carboxylic acids is 2. The van der Waals surface area contributed by atoms with E-state index in [1.807, 2.05) is 13.1 Å². The van der Waals surface area contributed by atoms with Gasteiger partial charge in [0.15, 0.2) is 5.13 Å². The van der Waals surface area contributed by atoms with Crippen molar-refractivity contribution in [3.05, 3.63) is 11.6 Å². The molecule has 3 saturated heterocycles. The van der Waals surface area contributed by atoms with Gasteiger partial charge in [-0.2, -0.15) is 26.3 Å². The van der Waals surface area contributed by atoms with Crippen LogP contribution in [0.25, 0.3) is 0 Å². The average Bonchev–Trinajstić information content (AvgIpc) is 3.59. The van der Waals surface area contributed by atoms with E-state index in [1.165, 1.54) is 37.5 Å². The summed E-state index contributed by atoms with van der Waals surface area (Å²) in [4.78, 5) is 41.9. The van der Waals surface area contributed by atoms with Gasteiger partial charge in [-0.1, -0.05) is 6.92 Å². The molecule has 0 saturated carbocycles. The molecule has 3 aliphatic heterocycles. The number of fused-ring (bicyclic) bond motifs is 1. The maximum Gasteiger partial charge on any atom is 0.490 e. The highest BCUT2D eigenvalue weighted by Gasteiger charge is 2.46. The largest absolute Gasteiger partial charge is 0.490 e. The van der Waals surface area contributed by atoms with Gasteiger partial charge >= 0.3 is 24.3 Å². The Labute approximate surface area is 219 Å². The Morgan fingerprint density at radius 1 is 1.03 bits per heavy atom. The Balaban J connectivity index is 0.000000301. The van der Waals surface area contributed by atoms with Crippen LogP contribution in [0.2, 0.25) is 0 Å². The topological polar surface area (TPSA) is 114 Å². The Bertz CT molecular complexity index is 900. The number of thiazole rings is 1. The summed E-state index contributed by atoms with van der Waals surface area (Å²) in [6, 6.07) is 1.12. The highest BCUT2D eigenvalue weighted by molar-refractivity contribution is 7.13. The second-order valence-corrected chi connectivity index (χ2v) is 9.91. The van der Waals surface area contributed by atoms with Crippen LogP contribution in [0.1, 0.15) is 39.0 Å². The van der Waals surface area contributed by atoms with Crippen LogP contribution < -0.4 is 4.90 Å². The molecule has 4 rings (SSSR count). The van der Waals surface area contributed by atoms with Gasteiger partial charge < -0.3 is 24.9 Å². The van der Waals surface area contributed by atoms with E-state index < -0.39 is 24.3 Å². The lowest BCUT2D eigenvalue weighted by Crippen LogP contribution is -2.49. The number of carboxylic acid groups (broad SMARTS) is 2. The number of likely N-dealkylation sites (tertiary alicyclic amines) is 2. The number of aromatic nitrogens is 1. The molecule has 216 valence electrons. The van der Waals surface area contributed by atoms with Crippen LogP contribution in [0, 0.1) is 5.92 Å². The normalized spacial score (nSPS) is 23.6. The SMILES string of the molecule is CCC(=O)N1CC[C@H]2[C@H](C[C@@H](CN3CCCC3)N2c2nccs2)C1.O=C(O)C(F)(F)F.O=C(O)C(F)(F)F. The standard InChI is InChI=1S/C18H28N4OS.2C2HF3O2/c1-2-17(23)21-9-5-16-14(12-21)11-15(13-20-7-3-4-8-20)22(16)18-19-6-10-24-18;2*3-2(4,5)1(6)7/h6,10,14-16H,2-5,7-9,11-13H2,1H3;2*(H,6,7)/t14-,15+,16+;;/m1../s1. The second-order valence-electron chi connectivity index (χ2n) is 9.03. The lowest BCUT2D eigenvalue weighted by Gasteiger charge is -2.39. The molecule has 9 nitrogen and oxygen atoms in total. The van der Waals surface area contributed by atoms with Gasteiger partial charge in [-0.3, -0.25) is 4.79 Å². The van der Waals surface area contributed by atoms with Crippen LogP contribution in [0.4, 0.5) is 31.5 Å². The zero-order valence-electron chi connectivity index (χ0n) is 20.5. The third-order valence-electron chi connectivity index (χ3n) is 6.47. The Kier molecular flexibility index (Phi) is 11.2. The zero-order valence-corrected chi connectivity index (χ0v) is 21.4. The molecule has 3 aliphatic rings. The fourth-order valence-corrected chi connectivity index (χ4v) is 5.64. The molecule has 0 spiro atoms.